The molecule has 0 spiro atoms. The van der Waals surface area contributed by atoms with Gasteiger partial charge >= 0.3 is 0 Å². The van der Waals surface area contributed by atoms with Gasteiger partial charge in [-0.3, -0.25) is 0 Å². The van der Waals surface area contributed by atoms with E-state index in [1.807, 2.05) is 42.5 Å². The van der Waals surface area contributed by atoms with Gasteiger partial charge in [-0.05, 0) is 30.7 Å². The minimum absolute atomic E-state index is 0.450. The molecular weight excluding hydrogens is 292 g/mol. The summed E-state index contributed by atoms with van der Waals surface area (Å²) in [5.41, 5.74) is 1.68. The van der Waals surface area contributed by atoms with Crippen LogP contribution in [0.4, 0.5) is 5.82 Å². The lowest BCUT2D eigenvalue weighted by molar-refractivity contribution is 0.198. The Kier molecular flexibility index (Phi) is 4.95. The van der Waals surface area contributed by atoms with Crippen LogP contribution in [0.15, 0.2) is 53.1 Å². The molecule has 0 saturated heterocycles. The summed E-state index contributed by atoms with van der Waals surface area (Å²) in [5.74, 6) is 1.67. The summed E-state index contributed by atoms with van der Waals surface area (Å²) in [5, 5.41) is 11.5. The maximum atomic E-state index is 5.80. The van der Waals surface area contributed by atoms with Crippen molar-refractivity contribution < 1.29 is 9.15 Å². The van der Waals surface area contributed by atoms with Gasteiger partial charge < -0.3 is 14.5 Å². The summed E-state index contributed by atoms with van der Waals surface area (Å²) >= 11 is 0. The zero-order chi connectivity index (χ0) is 15.9. The van der Waals surface area contributed by atoms with E-state index in [1.54, 1.807) is 13.3 Å². The standard InChI is InChI=1S/C17H18N4O2/c1-22-12-6-11-19-15-14(9-5-10-18-15)17-21-20-16(23-17)13-7-3-2-4-8-13/h2-5,7-10H,6,11-12H2,1H3,(H,18,19). The lowest BCUT2D eigenvalue weighted by atomic mass is 10.2. The van der Waals surface area contributed by atoms with Crippen LogP contribution in [-0.2, 0) is 4.74 Å². The maximum absolute atomic E-state index is 5.80. The largest absolute Gasteiger partial charge is 0.416 e. The Morgan fingerprint density at radius 1 is 1.04 bits per heavy atom. The highest BCUT2D eigenvalue weighted by Crippen LogP contribution is 2.27. The zero-order valence-corrected chi connectivity index (χ0v) is 12.9. The molecule has 6 heteroatoms. The summed E-state index contributed by atoms with van der Waals surface area (Å²) in [6.07, 6.45) is 2.63. The molecule has 6 nitrogen and oxygen atoms in total. The first kappa shape index (κ1) is 15.2. The van der Waals surface area contributed by atoms with E-state index < -0.39 is 0 Å². The Morgan fingerprint density at radius 3 is 2.70 bits per heavy atom. The van der Waals surface area contributed by atoms with Crippen LogP contribution in [0.5, 0.6) is 0 Å². The fraction of sp³-hybridized carbons (Fsp3) is 0.235. The average Bonchev–Trinajstić information content (AvgIpc) is 3.10. The molecule has 0 amide bonds. The Hall–Kier alpha value is -2.73. The monoisotopic (exact) mass is 310 g/mol. The van der Waals surface area contributed by atoms with Gasteiger partial charge in [-0.25, -0.2) is 4.98 Å². The highest BCUT2D eigenvalue weighted by molar-refractivity contribution is 5.69. The second kappa shape index (κ2) is 7.51. The third-order valence-corrected chi connectivity index (χ3v) is 3.30. The van der Waals surface area contributed by atoms with Gasteiger partial charge in [0.05, 0.1) is 5.56 Å². The van der Waals surface area contributed by atoms with E-state index in [0.29, 0.717) is 18.4 Å². The van der Waals surface area contributed by atoms with E-state index in [4.69, 9.17) is 9.15 Å². The van der Waals surface area contributed by atoms with Gasteiger partial charge in [-0.2, -0.15) is 0 Å². The summed E-state index contributed by atoms with van der Waals surface area (Å²) in [4.78, 5) is 4.36. The summed E-state index contributed by atoms with van der Waals surface area (Å²) < 4.78 is 10.8. The first-order chi connectivity index (χ1) is 11.4. The van der Waals surface area contributed by atoms with Crippen molar-refractivity contribution in [1.82, 2.24) is 15.2 Å². The Morgan fingerprint density at radius 2 is 1.87 bits per heavy atom. The molecule has 0 aliphatic carbocycles. The number of aromatic nitrogens is 3. The number of nitrogens with one attached hydrogen (secondary N) is 1. The number of rotatable bonds is 7. The second-order valence-corrected chi connectivity index (χ2v) is 4.95. The Bertz CT molecular complexity index is 743. The second-order valence-electron chi connectivity index (χ2n) is 4.95. The molecule has 3 aromatic rings. The van der Waals surface area contributed by atoms with Crippen LogP contribution in [0.3, 0.4) is 0 Å². The molecule has 1 aromatic carbocycles. The van der Waals surface area contributed by atoms with Crippen LogP contribution in [0.2, 0.25) is 0 Å². The van der Waals surface area contributed by atoms with Gasteiger partial charge in [0.2, 0.25) is 5.89 Å². The lowest BCUT2D eigenvalue weighted by Crippen LogP contribution is -2.07. The molecule has 0 atom stereocenters. The summed E-state index contributed by atoms with van der Waals surface area (Å²) in [7, 11) is 1.69. The van der Waals surface area contributed by atoms with E-state index in [2.05, 4.69) is 20.5 Å². The normalized spacial score (nSPS) is 10.7. The molecule has 3 rings (SSSR count). The predicted molar refractivity (Wildman–Crippen MR) is 87.9 cm³/mol. The SMILES string of the molecule is COCCCNc1ncccc1-c1nnc(-c2ccccc2)o1. The van der Waals surface area contributed by atoms with Crippen molar-refractivity contribution in [2.45, 2.75) is 6.42 Å². The molecule has 1 N–H and O–H groups in total. The molecule has 23 heavy (non-hydrogen) atoms. The first-order valence-electron chi connectivity index (χ1n) is 7.45. The molecule has 0 aliphatic rings. The van der Waals surface area contributed by atoms with Gasteiger partial charge in [-0.1, -0.05) is 18.2 Å². The number of benzene rings is 1. The number of hydrogen-bond donors (Lipinski definition) is 1. The van der Waals surface area contributed by atoms with Gasteiger partial charge in [-0.15, -0.1) is 10.2 Å². The topological polar surface area (TPSA) is 73.1 Å². The fourth-order valence-corrected chi connectivity index (χ4v) is 2.17. The average molecular weight is 310 g/mol. The molecule has 0 aliphatic heterocycles. The van der Waals surface area contributed by atoms with Crippen LogP contribution in [0.25, 0.3) is 22.9 Å². The van der Waals surface area contributed by atoms with Crippen molar-refractivity contribution in [3.63, 3.8) is 0 Å². The van der Waals surface area contributed by atoms with Crippen molar-refractivity contribution in [3.8, 4) is 22.9 Å². The van der Waals surface area contributed by atoms with Gasteiger partial charge in [0.25, 0.3) is 5.89 Å². The fourth-order valence-electron chi connectivity index (χ4n) is 2.17. The minimum atomic E-state index is 0.450. The van der Waals surface area contributed by atoms with Crippen molar-refractivity contribution in [2.75, 3.05) is 25.6 Å². The van der Waals surface area contributed by atoms with Crippen LogP contribution >= 0.6 is 0 Å². The van der Waals surface area contributed by atoms with E-state index >= 15 is 0 Å². The van der Waals surface area contributed by atoms with Crippen LogP contribution in [0.1, 0.15) is 6.42 Å². The third-order valence-electron chi connectivity index (χ3n) is 3.30. The molecule has 2 heterocycles. The minimum Gasteiger partial charge on any atom is -0.416 e. The van der Waals surface area contributed by atoms with E-state index in [0.717, 1.165) is 29.9 Å². The van der Waals surface area contributed by atoms with Gasteiger partial charge in [0, 0.05) is 32.0 Å². The van der Waals surface area contributed by atoms with Crippen LogP contribution < -0.4 is 5.32 Å². The van der Waals surface area contributed by atoms with E-state index in [1.165, 1.54) is 0 Å². The van der Waals surface area contributed by atoms with E-state index in [-0.39, 0.29) is 0 Å². The smallest absolute Gasteiger partial charge is 0.251 e. The first-order valence-corrected chi connectivity index (χ1v) is 7.45. The summed E-state index contributed by atoms with van der Waals surface area (Å²) in [6, 6.07) is 13.5. The number of hydrogen-bond acceptors (Lipinski definition) is 6. The Labute approximate surface area is 134 Å². The maximum Gasteiger partial charge on any atom is 0.251 e. The molecule has 0 saturated carbocycles. The third kappa shape index (κ3) is 3.73. The lowest BCUT2D eigenvalue weighted by Gasteiger charge is -2.07. The van der Waals surface area contributed by atoms with Crippen molar-refractivity contribution in [2.24, 2.45) is 0 Å². The van der Waals surface area contributed by atoms with Gasteiger partial charge in [0.1, 0.15) is 5.82 Å². The molecule has 0 radical (unpaired) electrons. The number of nitrogens with zero attached hydrogens (tertiary/aromatic N) is 3. The summed E-state index contributed by atoms with van der Waals surface area (Å²) in [6.45, 7) is 1.46. The number of pyridine rings is 1. The molecule has 0 fully saturated rings. The van der Waals surface area contributed by atoms with E-state index in [9.17, 15) is 0 Å². The predicted octanol–water partition coefficient (Wildman–Crippen LogP) is 3.25. The molecule has 0 bridgehead atoms. The molecule has 2 aromatic heterocycles. The van der Waals surface area contributed by atoms with Gasteiger partial charge in [0.15, 0.2) is 0 Å². The number of anilines is 1. The van der Waals surface area contributed by atoms with Crippen LogP contribution in [0, 0.1) is 0 Å². The molecular formula is C17H18N4O2. The molecule has 118 valence electrons. The van der Waals surface area contributed by atoms with Crippen molar-refractivity contribution in [3.05, 3.63) is 48.7 Å². The Balaban J connectivity index is 1.81. The number of methoxy groups -OCH3 is 1. The van der Waals surface area contributed by atoms with Crippen molar-refractivity contribution >= 4 is 5.82 Å². The zero-order valence-electron chi connectivity index (χ0n) is 12.9. The quantitative estimate of drug-likeness (QED) is 0.675. The number of ether oxygens (including phenoxy) is 1. The van der Waals surface area contributed by atoms with Crippen LogP contribution in [-0.4, -0.2) is 35.4 Å². The molecule has 0 unspecified atom stereocenters. The highest BCUT2D eigenvalue weighted by atomic mass is 16.5. The van der Waals surface area contributed by atoms with Crippen molar-refractivity contribution in [1.29, 1.82) is 0 Å². The highest BCUT2D eigenvalue weighted by Gasteiger charge is 2.14.